The number of anilines is 1. The summed E-state index contributed by atoms with van der Waals surface area (Å²) in [6.45, 7) is 3.23. The maximum Gasteiger partial charge on any atom is 0.270 e. The van der Waals surface area contributed by atoms with Crippen molar-refractivity contribution < 1.29 is 18.7 Å². The van der Waals surface area contributed by atoms with Crippen LogP contribution in [0.5, 0.6) is 5.75 Å². The minimum absolute atomic E-state index is 0.0409. The number of aromatic amines is 1. The number of aromatic nitrogens is 6. The molecule has 268 valence electrons. The molecule has 0 atom stereocenters. The molecule has 3 aromatic heterocycles. The molecule has 13 heteroatoms. The fraction of sp³-hybridized carbons (Fsp3) is 0.250. The van der Waals surface area contributed by atoms with Gasteiger partial charge in [0.25, 0.3) is 5.91 Å². The van der Waals surface area contributed by atoms with Crippen LogP contribution in [0.4, 0.5) is 10.3 Å². The van der Waals surface area contributed by atoms with Gasteiger partial charge in [0.1, 0.15) is 11.4 Å². The van der Waals surface area contributed by atoms with E-state index in [4.69, 9.17) is 9.72 Å². The molecule has 1 N–H and O–H groups in total. The number of nitrogens with zero attached hydrogens (tertiary/aromatic N) is 8. The van der Waals surface area contributed by atoms with Gasteiger partial charge >= 0.3 is 0 Å². The first-order chi connectivity index (χ1) is 26.0. The molecule has 0 saturated carbocycles. The molecule has 2 aliphatic rings. The number of piperazine rings is 1. The number of halogens is 1. The monoisotopic (exact) mass is 711 g/mol. The van der Waals surface area contributed by atoms with Crippen LogP contribution in [0.2, 0.25) is 0 Å². The van der Waals surface area contributed by atoms with Crippen molar-refractivity contribution in [1.82, 2.24) is 39.7 Å². The maximum atomic E-state index is 16.7. The topological polar surface area (TPSA) is 125 Å². The molecule has 12 nitrogen and oxygen atoms in total. The van der Waals surface area contributed by atoms with Gasteiger partial charge in [-0.1, -0.05) is 59.8 Å². The third kappa shape index (κ3) is 6.85. The average molecular weight is 712 g/mol. The summed E-state index contributed by atoms with van der Waals surface area (Å²) in [4.78, 5) is 45.3. The molecular weight excluding hydrogens is 673 g/mol. The van der Waals surface area contributed by atoms with Crippen LogP contribution in [0, 0.1) is 5.82 Å². The lowest BCUT2D eigenvalue weighted by Gasteiger charge is -2.34. The predicted octanol–water partition coefficient (Wildman–Crippen LogP) is 5.70. The van der Waals surface area contributed by atoms with E-state index in [0.717, 1.165) is 22.4 Å². The molecule has 2 aliphatic heterocycles. The predicted molar refractivity (Wildman–Crippen MR) is 200 cm³/mol. The van der Waals surface area contributed by atoms with E-state index in [1.165, 1.54) is 0 Å². The summed E-state index contributed by atoms with van der Waals surface area (Å²) >= 11 is 0. The smallest absolute Gasteiger partial charge is 0.270 e. The van der Waals surface area contributed by atoms with E-state index in [9.17, 15) is 9.59 Å². The molecule has 3 aromatic carbocycles. The van der Waals surface area contributed by atoms with Crippen LogP contribution >= 0.6 is 0 Å². The van der Waals surface area contributed by atoms with E-state index in [1.807, 2.05) is 72.8 Å². The van der Waals surface area contributed by atoms with Crippen LogP contribution in [-0.2, 0) is 11.3 Å². The van der Waals surface area contributed by atoms with E-state index in [-0.39, 0.29) is 30.3 Å². The van der Waals surface area contributed by atoms with E-state index in [2.05, 4.69) is 25.2 Å². The molecule has 8 rings (SSSR count). The molecule has 0 spiro atoms. The number of aryl methyl sites for hydroxylation is 1. The third-order valence-electron chi connectivity index (χ3n) is 9.92. The molecule has 1 saturated heterocycles. The number of methoxy groups -OCH3 is 1. The van der Waals surface area contributed by atoms with E-state index < -0.39 is 5.82 Å². The second-order valence-electron chi connectivity index (χ2n) is 13.1. The lowest BCUT2D eigenvalue weighted by Crippen LogP contribution is -2.49. The summed E-state index contributed by atoms with van der Waals surface area (Å²) in [6.07, 6.45) is 7.89. The minimum Gasteiger partial charge on any atom is -0.496 e. The summed E-state index contributed by atoms with van der Waals surface area (Å²) in [6, 6.07) is 23.0. The van der Waals surface area contributed by atoms with E-state index in [0.29, 0.717) is 79.6 Å². The zero-order valence-electron chi connectivity index (χ0n) is 29.3. The highest BCUT2D eigenvalue weighted by Gasteiger charge is 2.28. The Labute approximate surface area is 305 Å². The van der Waals surface area contributed by atoms with Crippen molar-refractivity contribution in [3.63, 3.8) is 0 Å². The number of fused-ring (bicyclic) bond motifs is 1. The maximum absolute atomic E-state index is 16.7. The zero-order valence-corrected chi connectivity index (χ0v) is 29.3. The quantitative estimate of drug-likeness (QED) is 0.203. The standard InChI is InChI=1S/C40H38FN9O3/c1-53-35-12-6-5-11-29(35)31-24-30(28-10-7-17-49(26-28)36(51)14-18-50-19-16-43-46-50)37(41)38-32(31)25-34(44-38)39(52)47-20-22-48(23-21-47)40-42-15-13-33(45-40)27-8-3-2-4-9-27/h2-6,8-13,15-16,19,24-25,44H,7,14,17-18,20-23,26H2,1H3. The lowest BCUT2D eigenvalue weighted by molar-refractivity contribution is -0.131. The highest BCUT2D eigenvalue weighted by molar-refractivity contribution is 6.05. The van der Waals surface area contributed by atoms with Crippen LogP contribution in [0.25, 0.3) is 38.9 Å². The molecule has 0 radical (unpaired) electrons. The van der Waals surface area contributed by atoms with E-state index >= 15 is 4.39 Å². The molecule has 0 aliphatic carbocycles. The first-order valence-electron chi connectivity index (χ1n) is 17.7. The lowest BCUT2D eigenvalue weighted by atomic mass is 9.93. The molecule has 0 unspecified atom stereocenters. The molecular formula is C40H38FN9O3. The fourth-order valence-corrected chi connectivity index (χ4v) is 7.12. The van der Waals surface area contributed by atoms with Crippen LogP contribution in [0.3, 0.4) is 0 Å². The Bertz CT molecular complexity index is 2300. The number of nitrogens with one attached hydrogen (secondary N) is 1. The van der Waals surface area contributed by atoms with Crippen LogP contribution < -0.4 is 9.64 Å². The second kappa shape index (κ2) is 14.7. The first-order valence-corrected chi connectivity index (χ1v) is 17.7. The number of carbonyl (C=O) groups is 2. The van der Waals surface area contributed by atoms with Gasteiger partial charge in [0.05, 0.1) is 31.1 Å². The van der Waals surface area contributed by atoms with Gasteiger partial charge in [0.15, 0.2) is 5.82 Å². The Balaban J connectivity index is 1.06. The van der Waals surface area contributed by atoms with Crippen molar-refractivity contribution in [2.45, 2.75) is 19.4 Å². The van der Waals surface area contributed by atoms with Crippen molar-refractivity contribution in [3.05, 3.63) is 115 Å². The minimum atomic E-state index is -0.471. The van der Waals surface area contributed by atoms with Gasteiger partial charge in [-0.05, 0) is 41.8 Å². The van der Waals surface area contributed by atoms with Gasteiger partial charge in [-0.25, -0.2) is 14.4 Å². The first kappa shape index (κ1) is 33.8. The summed E-state index contributed by atoms with van der Waals surface area (Å²) in [7, 11) is 1.60. The average Bonchev–Trinajstić information content (AvgIpc) is 3.92. The largest absolute Gasteiger partial charge is 0.496 e. The third-order valence-corrected chi connectivity index (χ3v) is 9.92. The van der Waals surface area contributed by atoms with Crippen molar-refractivity contribution in [1.29, 1.82) is 0 Å². The molecule has 6 aromatic rings. The normalized spacial score (nSPS) is 14.8. The number of para-hydroxylation sites is 1. The van der Waals surface area contributed by atoms with Crippen molar-refractivity contribution in [2.24, 2.45) is 0 Å². The number of hydrogen-bond donors (Lipinski definition) is 1. The Morgan fingerprint density at radius 2 is 1.70 bits per heavy atom. The Kier molecular flexibility index (Phi) is 9.36. The van der Waals surface area contributed by atoms with Crippen LogP contribution in [0.15, 0.2) is 97.5 Å². The van der Waals surface area contributed by atoms with Crippen molar-refractivity contribution in [2.75, 3.05) is 51.3 Å². The number of hydrogen-bond acceptors (Lipinski definition) is 8. The van der Waals surface area contributed by atoms with E-state index in [1.54, 1.807) is 46.2 Å². The number of amides is 2. The Morgan fingerprint density at radius 1 is 0.887 bits per heavy atom. The Morgan fingerprint density at radius 3 is 2.49 bits per heavy atom. The van der Waals surface area contributed by atoms with Crippen molar-refractivity contribution >= 4 is 34.2 Å². The summed E-state index contributed by atoms with van der Waals surface area (Å²) in [5, 5.41) is 8.32. The highest BCUT2D eigenvalue weighted by Crippen LogP contribution is 2.40. The fourth-order valence-electron chi connectivity index (χ4n) is 7.12. The highest BCUT2D eigenvalue weighted by atomic mass is 19.1. The molecule has 1 fully saturated rings. The number of ether oxygens (including phenoxy) is 1. The number of H-pyrrole nitrogens is 1. The SMILES string of the molecule is COc1ccccc1-c1cc(C2=CCCN(C(=O)CCn3ccnn3)C2)c(F)c2[nH]c(C(=O)N3CCN(c4nccc(-c5ccccc5)n4)CC3)cc12. The van der Waals surface area contributed by atoms with Crippen LogP contribution in [-0.4, -0.2) is 97.9 Å². The molecule has 2 amide bonds. The summed E-state index contributed by atoms with van der Waals surface area (Å²) in [5.41, 5.74) is 4.94. The number of rotatable bonds is 9. The van der Waals surface area contributed by atoms with Gasteiger partial charge in [-0.3, -0.25) is 14.3 Å². The molecule has 53 heavy (non-hydrogen) atoms. The summed E-state index contributed by atoms with van der Waals surface area (Å²) < 4.78 is 24.1. The Hall–Kier alpha value is -6.37. The zero-order chi connectivity index (χ0) is 36.3. The van der Waals surface area contributed by atoms with Gasteiger partial charge in [0.2, 0.25) is 11.9 Å². The molecule has 5 heterocycles. The van der Waals surface area contributed by atoms with Gasteiger partial charge in [0, 0.05) is 80.2 Å². The van der Waals surface area contributed by atoms with Gasteiger partial charge < -0.3 is 24.4 Å². The van der Waals surface area contributed by atoms with Crippen LogP contribution in [0.1, 0.15) is 28.9 Å². The number of benzene rings is 3. The van der Waals surface area contributed by atoms with Gasteiger partial charge in [-0.15, -0.1) is 5.10 Å². The summed E-state index contributed by atoms with van der Waals surface area (Å²) in [5.74, 6) is 0.514. The number of carbonyl (C=O) groups excluding carboxylic acids is 2. The molecule has 0 bridgehead atoms. The second-order valence-corrected chi connectivity index (χ2v) is 13.1. The van der Waals surface area contributed by atoms with Crippen molar-refractivity contribution in [3.8, 4) is 28.1 Å². The van der Waals surface area contributed by atoms with Gasteiger partial charge in [-0.2, -0.15) is 0 Å².